The topological polar surface area (TPSA) is 56.6 Å². The molecule has 0 unspecified atom stereocenters. The van der Waals surface area contributed by atoms with Crippen molar-refractivity contribution in [1.29, 1.82) is 0 Å². The molecule has 0 spiro atoms. The molecule has 6 heteroatoms. The highest BCUT2D eigenvalue weighted by molar-refractivity contribution is 5.79. The molecule has 2 heterocycles. The van der Waals surface area contributed by atoms with E-state index < -0.39 is 0 Å². The minimum absolute atomic E-state index is 0.0957. The van der Waals surface area contributed by atoms with Crippen molar-refractivity contribution in [3.8, 4) is 22.9 Å². The highest BCUT2D eigenvalue weighted by Gasteiger charge is 2.32. The number of benzene rings is 2. The first kappa shape index (κ1) is 23.6. The number of aryl methyl sites for hydroxylation is 2. The summed E-state index contributed by atoms with van der Waals surface area (Å²) in [6, 6.07) is 18.2. The maximum Gasteiger partial charge on any atom is 0.226 e. The highest BCUT2D eigenvalue weighted by atomic mass is 16.5. The molecule has 0 N–H and O–H groups in total. The molecule has 1 saturated carbocycles. The fourth-order valence-corrected chi connectivity index (χ4v) is 5.33. The summed E-state index contributed by atoms with van der Waals surface area (Å²) < 4.78 is 14.2. The molecule has 1 amide bonds. The van der Waals surface area contributed by atoms with Gasteiger partial charge in [-0.15, -0.1) is 0 Å². The molecule has 184 valence electrons. The van der Waals surface area contributed by atoms with E-state index in [9.17, 15) is 4.79 Å². The van der Waals surface area contributed by atoms with Crippen LogP contribution in [-0.4, -0.2) is 39.8 Å². The standard InChI is InChI=1S/C29H35N3O3/c1-21-10-8-15-24(18-21)35-29-26(27(30-31(29)2)22-11-4-3-5-12-22)20-32(19-25-16-9-17-34-25)28(33)23-13-6-7-14-23/h3-5,8,10-12,15,18,23,25H,6-7,9,13-14,16-17,19-20H2,1-2H3/t25-/m0/s1. The Hall–Kier alpha value is -3.12. The first-order valence-corrected chi connectivity index (χ1v) is 12.8. The van der Waals surface area contributed by atoms with Gasteiger partial charge in [0.05, 0.1) is 18.2 Å². The minimum atomic E-state index is 0.0957. The van der Waals surface area contributed by atoms with Crippen LogP contribution in [0, 0.1) is 12.8 Å². The van der Waals surface area contributed by atoms with Gasteiger partial charge in [0.2, 0.25) is 11.8 Å². The summed E-state index contributed by atoms with van der Waals surface area (Å²) in [7, 11) is 1.91. The van der Waals surface area contributed by atoms with Gasteiger partial charge in [0, 0.05) is 31.7 Å². The van der Waals surface area contributed by atoms with Gasteiger partial charge in [-0.05, 0) is 50.3 Å². The van der Waals surface area contributed by atoms with Crippen LogP contribution in [0.15, 0.2) is 54.6 Å². The second kappa shape index (κ2) is 10.6. The van der Waals surface area contributed by atoms with Crippen LogP contribution in [0.3, 0.4) is 0 Å². The Kier molecular flexibility index (Phi) is 7.19. The molecule has 0 radical (unpaired) electrons. The maximum absolute atomic E-state index is 13.7. The zero-order chi connectivity index (χ0) is 24.2. The average molecular weight is 474 g/mol. The lowest BCUT2D eigenvalue weighted by Crippen LogP contribution is -2.40. The molecule has 0 bridgehead atoms. The third-order valence-corrected chi connectivity index (χ3v) is 7.15. The molecule has 2 fully saturated rings. The van der Waals surface area contributed by atoms with Crippen molar-refractivity contribution in [3.05, 3.63) is 65.7 Å². The van der Waals surface area contributed by atoms with Gasteiger partial charge in [0.1, 0.15) is 11.4 Å². The highest BCUT2D eigenvalue weighted by Crippen LogP contribution is 2.36. The molecule has 2 aromatic carbocycles. The third-order valence-electron chi connectivity index (χ3n) is 7.15. The van der Waals surface area contributed by atoms with E-state index in [4.69, 9.17) is 14.6 Å². The summed E-state index contributed by atoms with van der Waals surface area (Å²) in [6.45, 7) is 3.90. The quantitative estimate of drug-likeness (QED) is 0.410. The molecular formula is C29H35N3O3. The van der Waals surface area contributed by atoms with Gasteiger partial charge in [-0.25, -0.2) is 4.68 Å². The van der Waals surface area contributed by atoms with Crippen LogP contribution < -0.4 is 4.74 Å². The Bertz CT molecular complexity index is 1150. The number of ether oxygens (including phenoxy) is 2. The molecule has 5 rings (SSSR count). The van der Waals surface area contributed by atoms with Crippen LogP contribution in [0.25, 0.3) is 11.3 Å². The lowest BCUT2D eigenvalue weighted by atomic mass is 10.0. The van der Waals surface area contributed by atoms with Gasteiger partial charge in [-0.2, -0.15) is 5.10 Å². The molecule has 1 aromatic heterocycles. The van der Waals surface area contributed by atoms with E-state index in [2.05, 4.69) is 25.1 Å². The Morgan fingerprint density at radius 1 is 1.09 bits per heavy atom. The average Bonchev–Trinajstić information content (AvgIpc) is 3.63. The van der Waals surface area contributed by atoms with Gasteiger partial charge in [0.15, 0.2) is 0 Å². The second-order valence-corrected chi connectivity index (χ2v) is 9.88. The van der Waals surface area contributed by atoms with Gasteiger partial charge < -0.3 is 14.4 Å². The summed E-state index contributed by atoms with van der Waals surface area (Å²) in [6.07, 6.45) is 6.37. The predicted molar refractivity (Wildman–Crippen MR) is 136 cm³/mol. The fraction of sp³-hybridized carbons (Fsp3) is 0.448. The molecular weight excluding hydrogens is 438 g/mol. The summed E-state index contributed by atoms with van der Waals surface area (Å²) >= 11 is 0. The van der Waals surface area contributed by atoms with Crippen molar-refractivity contribution in [3.63, 3.8) is 0 Å². The van der Waals surface area contributed by atoms with Crippen LogP contribution in [0.4, 0.5) is 0 Å². The monoisotopic (exact) mass is 473 g/mol. The van der Waals surface area contributed by atoms with Gasteiger partial charge in [-0.1, -0.05) is 55.3 Å². The number of hydrogen-bond donors (Lipinski definition) is 0. The lowest BCUT2D eigenvalue weighted by molar-refractivity contribution is -0.137. The van der Waals surface area contributed by atoms with E-state index in [0.717, 1.165) is 73.3 Å². The van der Waals surface area contributed by atoms with Gasteiger partial charge in [0.25, 0.3) is 0 Å². The van der Waals surface area contributed by atoms with Crippen LogP contribution in [-0.2, 0) is 23.1 Å². The normalized spacial score (nSPS) is 18.2. The van der Waals surface area contributed by atoms with E-state index >= 15 is 0 Å². The Labute approximate surface area is 207 Å². The SMILES string of the molecule is Cc1cccc(Oc2c(CN(C[C@@H]3CCCO3)C(=O)C3CCCC3)c(-c3ccccc3)nn2C)c1. The molecule has 1 saturated heterocycles. The predicted octanol–water partition coefficient (Wildman–Crippen LogP) is 5.89. The molecule has 6 nitrogen and oxygen atoms in total. The Morgan fingerprint density at radius 2 is 1.89 bits per heavy atom. The summed E-state index contributed by atoms with van der Waals surface area (Å²) in [4.78, 5) is 15.7. The van der Waals surface area contributed by atoms with Crippen LogP contribution in [0.2, 0.25) is 0 Å². The molecule has 35 heavy (non-hydrogen) atoms. The van der Waals surface area contributed by atoms with Crippen LogP contribution in [0.1, 0.15) is 49.7 Å². The number of hydrogen-bond acceptors (Lipinski definition) is 4. The van der Waals surface area contributed by atoms with Crippen LogP contribution in [0.5, 0.6) is 11.6 Å². The van der Waals surface area contributed by atoms with E-state index in [-0.39, 0.29) is 17.9 Å². The summed E-state index contributed by atoms with van der Waals surface area (Å²) in [5, 5.41) is 4.86. The molecule has 3 aromatic rings. The van der Waals surface area contributed by atoms with Crippen LogP contribution >= 0.6 is 0 Å². The smallest absolute Gasteiger partial charge is 0.226 e. The number of amides is 1. The molecule has 1 aliphatic heterocycles. The van der Waals surface area contributed by atoms with Crippen molar-refractivity contribution in [2.24, 2.45) is 13.0 Å². The zero-order valence-electron chi connectivity index (χ0n) is 20.8. The van der Waals surface area contributed by atoms with Crippen molar-refractivity contribution in [2.45, 2.75) is 58.1 Å². The van der Waals surface area contributed by atoms with E-state index in [0.29, 0.717) is 19.0 Å². The van der Waals surface area contributed by atoms with Crippen molar-refractivity contribution >= 4 is 5.91 Å². The second-order valence-electron chi connectivity index (χ2n) is 9.88. The zero-order valence-corrected chi connectivity index (χ0v) is 20.8. The number of rotatable bonds is 8. The number of carbonyl (C=O) groups is 1. The minimum Gasteiger partial charge on any atom is -0.439 e. The molecule has 1 aliphatic carbocycles. The molecule has 1 atom stereocenters. The first-order valence-electron chi connectivity index (χ1n) is 12.8. The van der Waals surface area contributed by atoms with Gasteiger partial charge >= 0.3 is 0 Å². The lowest BCUT2D eigenvalue weighted by Gasteiger charge is -2.28. The first-order chi connectivity index (χ1) is 17.1. The maximum atomic E-state index is 13.7. The Balaban J connectivity index is 1.53. The summed E-state index contributed by atoms with van der Waals surface area (Å²) in [5.41, 5.74) is 3.94. The van der Waals surface area contributed by atoms with E-state index in [1.165, 1.54) is 0 Å². The number of nitrogens with zero attached hydrogens (tertiary/aromatic N) is 3. The third kappa shape index (κ3) is 5.43. The number of carbonyl (C=O) groups excluding carboxylic acids is 1. The fourth-order valence-electron chi connectivity index (χ4n) is 5.33. The Morgan fingerprint density at radius 3 is 2.60 bits per heavy atom. The molecule has 2 aliphatic rings. The summed E-state index contributed by atoms with van der Waals surface area (Å²) in [5.74, 6) is 1.78. The van der Waals surface area contributed by atoms with E-state index in [1.807, 2.05) is 48.3 Å². The van der Waals surface area contributed by atoms with E-state index in [1.54, 1.807) is 4.68 Å². The van der Waals surface area contributed by atoms with Crippen molar-refractivity contribution in [1.82, 2.24) is 14.7 Å². The van der Waals surface area contributed by atoms with Crippen molar-refractivity contribution in [2.75, 3.05) is 13.2 Å². The van der Waals surface area contributed by atoms with Crippen molar-refractivity contribution < 1.29 is 14.3 Å². The largest absolute Gasteiger partial charge is 0.439 e. The number of aromatic nitrogens is 2. The van der Waals surface area contributed by atoms with Gasteiger partial charge in [-0.3, -0.25) is 4.79 Å².